The molecule has 8 heteroatoms. The first-order chi connectivity index (χ1) is 17.5. The van der Waals surface area contributed by atoms with Gasteiger partial charge in [0.1, 0.15) is 11.1 Å². The molecule has 0 unspecified atom stereocenters. The topological polar surface area (TPSA) is 74.6 Å². The molecule has 0 saturated carbocycles. The highest BCUT2D eigenvalue weighted by Gasteiger charge is 2.26. The number of carbonyl (C=O) groups is 1. The molecule has 1 aromatic heterocycles. The van der Waals surface area contributed by atoms with Crippen LogP contribution in [0.3, 0.4) is 0 Å². The van der Waals surface area contributed by atoms with Gasteiger partial charge in [-0.15, -0.1) is 0 Å². The summed E-state index contributed by atoms with van der Waals surface area (Å²) in [6, 6.07) is 23.3. The third kappa shape index (κ3) is 5.05. The van der Waals surface area contributed by atoms with Crippen LogP contribution in [-0.4, -0.2) is 24.0 Å². The van der Waals surface area contributed by atoms with Crippen LogP contribution in [0.15, 0.2) is 98.4 Å². The van der Waals surface area contributed by atoms with E-state index >= 15 is 0 Å². The molecule has 1 heterocycles. The van der Waals surface area contributed by atoms with Crippen LogP contribution in [0.2, 0.25) is 5.02 Å². The fraction of sp³-hybridized carbons (Fsp3) is 0.107. The molecule has 5 nitrogen and oxygen atoms in total. The highest BCUT2D eigenvalue weighted by Crippen LogP contribution is 2.44. The number of hydrogen-bond donors (Lipinski definition) is 0. The number of aldehydes is 1. The van der Waals surface area contributed by atoms with Crippen LogP contribution < -0.4 is 5.11 Å². The van der Waals surface area contributed by atoms with E-state index in [0.717, 1.165) is 27.4 Å². The van der Waals surface area contributed by atoms with Crippen molar-refractivity contribution < 1.29 is 14.6 Å². The molecule has 180 valence electrons. The summed E-state index contributed by atoms with van der Waals surface area (Å²) < 4.78 is 6.36. The second-order valence-electron chi connectivity index (χ2n) is 8.11. The average molecular weight is 579 g/mol. The summed E-state index contributed by atoms with van der Waals surface area (Å²) >= 11 is 11.2. The number of rotatable bonds is 7. The van der Waals surface area contributed by atoms with Gasteiger partial charge in [-0.3, -0.25) is 9.79 Å². The van der Waals surface area contributed by atoms with E-state index in [1.165, 1.54) is 22.9 Å². The van der Waals surface area contributed by atoms with Gasteiger partial charge in [0, 0.05) is 33.7 Å². The van der Waals surface area contributed by atoms with Crippen LogP contribution in [-0.2, 0) is 11.3 Å². The molecule has 0 amide bonds. The minimum atomic E-state index is -0.643. The number of halogens is 2. The Morgan fingerprint density at radius 3 is 2.47 bits per heavy atom. The number of benzene rings is 3. The van der Waals surface area contributed by atoms with E-state index in [9.17, 15) is 9.90 Å². The van der Waals surface area contributed by atoms with Gasteiger partial charge >= 0.3 is 0 Å². The second kappa shape index (κ2) is 10.9. The maximum absolute atomic E-state index is 12.6. The summed E-state index contributed by atoms with van der Waals surface area (Å²) in [5, 5.41) is 13.6. The van der Waals surface area contributed by atoms with Crippen molar-refractivity contribution in [2.75, 3.05) is 6.61 Å². The molecule has 0 radical (unpaired) electrons. The highest BCUT2D eigenvalue weighted by molar-refractivity contribution is 9.10. The zero-order valence-corrected chi connectivity index (χ0v) is 22.0. The van der Waals surface area contributed by atoms with Crippen LogP contribution in [0.25, 0.3) is 11.1 Å². The standard InChI is InChI=1S/C28H20BrClN2O3S/c29-19-12-18(26(25(30)13-19)36-27-17(15-33)6-5-11-31-27)14-32-28(34)35-16-24-22-9-3-1-7-20(22)21-8-2-4-10-23(21)24/h1-13,15,24H,14,16H2,(H,32,34)/p-1. The van der Waals surface area contributed by atoms with E-state index in [0.29, 0.717) is 20.5 Å². The first kappa shape index (κ1) is 24.6. The van der Waals surface area contributed by atoms with Crippen molar-refractivity contribution in [1.29, 1.82) is 0 Å². The molecule has 0 fully saturated rings. The number of aliphatic imine (C=N–C) groups is 1. The Bertz CT molecular complexity index is 1430. The smallest absolute Gasteiger partial charge is 0.152 e. The van der Waals surface area contributed by atoms with Crippen molar-refractivity contribution in [3.05, 3.63) is 111 Å². The molecule has 1 aliphatic carbocycles. The lowest BCUT2D eigenvalue weighted by molar-refractivity contribution is -0.251. The molecular formula is C28H19BrClN2O3S-. The van der Waals surface area contributed by atoms with Gasteiger partial charge in [-0.2, -0.15) is 0 Å². The van der Waals surface area contributed by atoms with Crippen LogP contribution >= 0.6 is 39.3 Å². The van der Waals surface area contributed by atoms with E-state index in [4.69, 9.17) is 16.3 Å². The molecule has 0 spiro atoms. The third-order valence-corrected chi connectivity index (χ3v) is 8.01. The zero-order valence-electron chi connectivity index (χ0n) is 18.9. The molecule has 0 atom stereocenters. The van der Waals surface area contributed by atoms with Crippen molar-refractivity contribution in [3.8, 4) is 11.1 Å². The second-order valence-corrected chi connectivity index (χ2v) is 10.4. The Morgan fingerprint density at radius 1 is 1.08 bits per heavy atom. The Labute approximate surface area is 226 Å². The minimum absolute atomic E-state index is 0.0334. The molecule has 0 aliphatic heterocycles. The number of nitrogens with zero attached hydrogens (tertiary/aromatic N) is 2. The summed E-state index contributed by atoms with van der Waals surface area (Å²) in [7, 11) is 0. The quantitative estimate of drug-likeness (QED) is 0.142. The van der Waals surface area contributed by atoms with E-state index in [1.54, 1.807) is 24.4 Å². The maximum atomic E-state index is 12.6. The molecule has 4 aromatic rings. The number of aromatic nitrogens is 1. The Morgan fingerprint density at radius 2 is 1.78 bits per heavy atom. The van der Waals surface area contributed by atoms with Crippen LogP contribution in [0.5, 0.6) is 0 Å². The van der Waals surface area contributed by atoms with Gasteiger partial charge < -0.3 is 9.84 Å². The monoisotopic (exact) mass is 577 g/mol. The van der Waals surface area contributed by atoms with Crippen molar-refractivity contribution in [1.82, 2.24) is 4.98 Å². The molecule has 0 N–H and O–H groups in total. The van der Waals surface area contributed by atoms with E-state index < -0.39 is 6.08 Å². The predicted octanol–water partition coefficient (Wildman–Crippen LogP) is 6.51. The van der Waals surface area contributed by atoms with Gasteiger partial charge in [0.25, 0.3) is 0 Å². The molecule has 3 aromatic carbocycles. The van der Waals surface area contributed by atoms with E-state index in [-0.39, 0.29) is 19.1 Å². The maximum Gasteiger partial charge on any atom is 0.152 e. The number of ether oxygens (including phenoxy) is 1. The molecule has 1 aliphatic rings. The predicted molar refractivity (Wildman–Crippen MR) is 144 cm³/mol. The van der Waals surface area contributed by atoms with Crippen molar-refractivity contribution in [3.63, 3.8) is 0 Å². The lowest BCUT2D eigenvalue weighted by Crippen LogP contribution is -2.24. The highest BCUT2D eigenvalue weighted by atomic mass is 79.9. The summed E-state index contributed by atoms with van der Waals surface area (Å²) in [5.41, 5.74) is 5.80. The van der Waals surface area contributed by atoms with Crippen LogP contribution in [0.1, 0.15) is 33.0 Å². The first-order valence-corrected chi connectivity index (χ1v) is 13.1. The summed E-state index contributed by atoms with van der Waals surface area (Å²) in [6.45, 7) is 0.273. The number of carbonyl (C=O) groups excluding carboxylic acids is 1. The van der Waals surface area contributed by atoms with E-state index in [2.05, 4.69) is 50.2 Å². The molecular weight excluding hydrogens is 560 g/mol. The normalized spacial score (nSPS) is 12.8. The summed E-state index contributed by atoms with van der Waals surface area (Å²) in [4.78, 5) is 20.5. The van der Waals surface area contributed by atoms with Crippen molar-refractivity contribution in [2.24, 2.45) is 4.99 Å². The molecule has 0 bridgehead atoms. The van der Waals surface area contributed by atoms with Gasteiger partial charge in [-0.05, 0) is 52.1 Å². The fourth-order valence-corrected chi connectivity index (χ4v) is 6.25. The minimum Gasteiger partial charge on any atom is -0.599 e. The number of hydrogen-bond acceptors (Lipinski definition) is 6. The molecule has 36 heavy (non-hydrogen) atoms. The molecule has 5 rings (SSSR count). The van der Waals surface area contributed by atoms with Gasteiger partial charge in [0.2, 0.25) is 0 Å². The SMILES string of the molecule is O=Cc1cccnc1Sc1c(Cl)cc(Br)cc1CN=C([O-])OCC1c2ccccc2-c2ccccc21. The zero-order chi connectivity index (χ0) is 25.1. The Balaban J connectivity index is 1.34. The number of pyridine rings is 1. The van der Waals surface area contributed by atoms with E-state index in [1.807, 2.05) is 30.3 Å². The van der Waals surface area contributed by atoms with Gasteiger partial charge in [-0.25, -0.2) is 4.98 Å². The van der Waals surface area contributed by atoms with Crippen molar-refractivity contribution >= 4 is 51.7 Å². The number of fused-ring (bicyclic) bond motifs is 3. The lowest BCUT2D eigenvalue weighted by Gasteiger charge is -2.21. The first-order valence-electron chi connectivity index (χ1n) is 11.1. The average Bonchev–Trinajstić information content (AvgIpc) is 3.22. The Hall–Kier alpha value is -3.13. The summed E-state index contributed by atoms with van der Waals surface area (Å²) in [6.07, 6.45) is 1.72. The van der Waals surface area contributed by atoms with Crippen LogP contribution in [0.4, 0.5) is 0 Å². The van der Waals surface area contributed by atoms with Gasteiger partial charge in [0.05, 0.1) is 11.6 Å². The van der Waals surface area contributed by atoms with Crippen molar-refractivity contribution in [2.45, 2.75) is 22.4 Å². The fourth-order valence-electron chi connectivity index (χ4n) is 4.31. The third-order valence-electron chi connectivity index (χ3n) is 5.93. The van der Waals surface area contributed by atoms with Gasteiger partial charge in [0.15, 0.2) is 6.29 Å². The Kier molecular flexibility index (Phi) is 7.41. The molecule has 0 saturated heterocycles. The summed E-state index contributed by atoms with van der Waals surface area (Å²) in [5.74, 6) is -0.0334. The van der Waals surface area contributed by atoms with Gasteiger partial charge in [-0.1, -0.05) is 87.8 Å². The van der Waals surface area contributed by atoms with Crippen LogP contribution in [0, 0.1) is 0 Å². The largest absolute Gasteiger partial charge is 0.599 e. The lowest BCUT2D eigenvalue weighted by atomic mass is 9.98.